The van der Waals surface area contributed by atoms with Crippen LogP contribution in [-0.2, 0) is 20.1 Å². The molecule has 0 saturated heterocycles. The molecule has 16 heavy (non-hydrogen) atoms. The summed E-state index contributed by atoms with van der Waals surface area (Å²) in [6.07, 6.45) is 1.91. The van der Waals surface area contributed by atoms with E-state index in [0.29, 0.717) is 0 Å². The first-order valence-corrected chi connectivity index (χ1v) is 6.33. The van der Waals surface area contributed by atoms with E-state index in [-0.39, 0.29) is 0 Å². The molecular weight excluding hydrogens is 242 g/mol. The summed E-state index contributed by atoms with van der Waals surface area (Å²) in [5.41, 5.74) is 4.18. The molecule has 0 atom stereocenters. The van der Waals surface area contributed by atoms with Gasteiger partial charge in [-0.1, -0.05) is 11.6 Å². The Balaban J connectivity index is 1.89. The minimum atomic E-state index is 0.785. The summed E-state index contributed by atoms with van der Waals surface area (Å²) in [4.78, 5) is 5.51. The predicted molar refractivity (Wildman–Crippen MR) is 67.8 cm³/mol. The first-order chi connectivity index (χ1) is 7.66. The lowest BCUT2D eigenvalue weighted by atomic mass is 10.3. The zero-order valence-electron chi connectivity index (χ0n) is 9.33. The van der Waals surface area contributed by atoms with E-state index in [4.69, 9.17) is 11.6 Å². The van der Waals surface area contributed by atoms with E-state index in [2.05, 4.69) is 10.3 Å². The van der Waals surface area contributed by atoms with E-state index in [0.717, 1.165) is 23.8 Å². The maximum absolute atomic E-state index is 5.91. The van der Waals surface area contributed by atoms with Gasteiger partial charge >= 0.3 is 0 Å². The minimum Gasteiger partial charge on any atom is -0.352 e. The van der Waals surface area contributed by atoms with Crippen LogP contribution < -0.4 is 5.32 Å². The summed E-state index contributed by atoms with van der Waals surface area (Å²) in [7, 11) is 2.00. The lowest BCUT2D eigenvalue weighted by Gasteiger charge is -2.04. The van der Waals surface area contributed by atoms with Crippen molar-refractivity contribution in [2.24, 2.45) is 7.05 Å². The van der Waals surface area contributed by atoms with Crippen LogP contribution in [0.15, 0.2) is 17.8 Å². The van der Waals surface area contributed by atoms with Gasteiger partial charge in [0.1, 0.15) is 0 Å². The Kier molecular flexibility index (Phi) is 3.63. The maximum Gasteiger partial charge on any atom is 0.0798 e. The number of aromatic nitrogens is 2. The van der Waals surface area contributed by atoms with E-state index in [1.807, 2.05) is 36.3 Å². The van der Waals surface area contributed by atoms with E-state index >= 15 is 0 Å². The van der Waals surface area contributed by atoms with Crippen molar-refractivity contribution in [1.29, 1.82) is 0 Å². The second-order valence-corrected chi connectivity index (χ2v) is 5.10. The second-order valence-electron chi connectivity index (χ2n) is 3.73. The van der Waals surface area contributed by atoms with Gasteiger partial charge in [-0.05, 0) is 13.0 Å². The van der Waals surface area contributed by atoms with Crippen LogP contribution in [0.25, 0.3) is 0 Å². The largest absolute Gasteiger partial charge is 0.352 e. The van der Waals surface area contributed by atoms with Crippen LogP contribution in [0.1, 0.15) is 16.3 Å². The molecule has 0 aliphatic rings. The number of nitrogens with one attached hydrogen (secondary N) is 1. The van der Waals surface area contributed by atoms with Crippen molar-refractivity contribution in [2.45, 2.75) is 20.0 Å². The molecule has 0 aliphatic carbocycles. The van der Waals surface area contributed by atoms with Crippen LogP contribution in [-0.4, -0.2) is 9.55 Å². The maximum atomic E-state index is 5.91. The third-order valence-corrected chi connectivity index (χ3v) is 3.65. The van der Waals surface area contributed by atoms with Crippen LogP contribution >= 0.6 is 22.9 Å². The Labute approximate surface area is 104 Å². The summed E-state index contributed by atoms with van der Waals surface area (Å²) in [6, 6.07) is 1.98. The highest BCUT2D eigenvalue weighted by Crippen LogP contribution is 2.14. The van der Waals surface area contributed by atoms with Crippen molar-refractivity contribution in [1.82, 2.24) is 14.9 Å². The molecule has 1 N–H and O–H groups in total. The van der Waals surface area contributed by atoms with Gasteiger partial charge in [-0.3, -0.25) is 0 Å². The van der Waals surface area contributed by atoms with Gasteiger partial charge in [0.15, 0.2) is 0 Å². The van der Waals surface area contributed by atoms with Gasteiger partial charge in [-0.25, -0.2) is 4.98 Å². The normalized spacial score (nSPS) is 10.9. The first-order valence-electron chi connectivity index (χ1n) is 5.07. The predicted octanol–water partition coefficient (Wildman–Crippen LogP) is 2.73. The zero-order valence-corrected chi connectivity index (χ0v) is 10.9. The highest BCUT2D eigenvalue weighted by atomic mass is 35.5. The molecule has 2 rings (SSSR count). The average molecular weight is 256 g/mol. The molecule has 5 heteroatoms. The molecule has 0 bridgehead atoms. The molecule has 0 saturated carbocycles. The summed E-state index contributed by atoms with van der Waals surface area (Å²) >= 11 is 7.60. The highest BCUT2D eigenvalue weighted by molar-refractivity contribution is 7.09. The van der Waals surface area contributed by atoms with E-state index < -0.39 is 0 Å². The monoisotopic (exact) mass is 255 g/mol. The highest BCUT2D eigenvalue weighted by Gasteiger charge is 2.03. The molecule has 2 aromatic rings. The summed E-state index contributed by atoms with van der Waals surface area (Å²) < 4.78 is 2.04. The number of nitrogens with zero attached hydrogens (tertiary/aromatic N) is 2. The Bertz CT molecular complexity index is 475. The molecule has 0 radical (unpaired) electrons. The Morgan fingerprint density at radius 3 is 2.88 bits per heavy atom. The van der Waals surface area contributed by atoms with Gasteiger partial charge in [0.25, 0.3) is 0 Å². The summed E-state index contributed by atoms with van der Waals surface area (Å²) in [5, 5.41) is 4.18. The molecule has 0 spiro atoms. The quantitative estimate of drug-likeness (QED) is 0.911. The fourth-order valence-corrected chi connectivity index (χ4v) is 2.56. The average Bonchev–Trinajstić information content (AvgIpc) is 2.75. The molecule has 86 valence electrons. The van der Waals surface area contributed by atoms with Crippen molar-refractivity contribution in [3.05, 3.63) is 39.1 Å². The minimum absolute atomic E-state index is 0.785. The Morgan fingerprint density at radius 1 is 1.50 bits per heavy atom. The Morgan fingerprint density at radius 2 is 2.31 bits per heavy atom. The third-order valence-electron chi connectivity index (χ3n) is 2.51. The van der Waals surface area contributed by atoms with Crippen LogP contribution in [0.5, 0.6) is 0 Å². The lowest BCUT2D eigenvalue weighted by Crippen LogP contribution is -2.14. The van der Waals surface area contributed by atoms with Crippen LogP contribution in [0.3, 0.4) is 0 Å². The third kappa shape index (κ3) is 2.64. The topological polar surface area (TPSA) is 29.9 Å². The second kappa shape index (κ2) is 4.99. The van der Waals surface area contributed by atoms with Gasteiger partial charge in [0.2, 0.25) is 0 Å². The molecule has 0 aromatic carbocycles. The van der Waals surface area contributed by atoms with Crippen LogP contribution in [0.4, 0.5) is 0 Å². The van der Waals surface area contributed by atoms with Crippen molar-refractivity contribution in [3.63, 3.8) is 0 Å². The van der Waals surface area contributed by atoms with E-state index in [9.17, 15) is 0 Å². The smallest absolute Gasteiger partial charge is 0.0798 e. The fourth-order valence-electron chi connectivity index (χ4n) is 1.54. The Hall–Kier alpha value is -0.840. The van der Waals surface area contributed by atoms with Crippen molar-refractivity contribution in [2.75, 3.05) is 0 Å². The van der Waals surface area contributed by atoms with Crippen LogP contribution in [0, 0.1) is 6.92 Å². The van der Waals surface area contributed by atoms with Crippen molar-refractivity contribution >= 4 is 22.9 Å². The number of rotatable bonds is 4. The molecule has 0 unspecified atom stereocenters. The van der Waals surface area contributed by atoms with Gasteiger partial charge < -0.3 is 9.88 Å². The standard InChI is InChI=1S/C11H14ClN3S/c1-8-11(16-7-14-8)5-13-4-10-3-9(12)6-15(10)2/h3,6-7,13H,4-5H2,1-2H3. The number of halogens is 1. The molecular formula is C11H14ClN3S. The molecule has 2 heterocycles. The zero-order chi connectivity index (χ0) is 11.5. The number of hydrogen-bond donors (Lipinski definition) is 1. The first kappa shape index (κ1) is 11.6. The number of thiazole rings is 1. The lowest BCUT2D eigenvalue weighted by molar-refractivity contribution is 0.658. The van der Waals surface area contributed by atoms with Gasteiger partial charge in [-0.15, -0.1) is 11.3 Å². The molecule has 0 fully saturated rings. The molecule has 0 amide bonds. The fraction of sp³-hybridized carbons (Fsp3) is 0.364. The van der Waals surface area contributed by atoms with E-state index in [1.54, 1.807) is 11.3 Å². The number of aryl methyl sites for hydroxylation is 2. The number of hydrogen-bond acceptors (Lipinski definition) is 3. The van der Waals surface area contributed by atoms with Crippen molar-refractivity contribution in [3.8, 4) is 0 Å². The van der Waals surface area contributed by atoms with E-state index in [1.165, 1.54) is 10.6 Å². The molecule has 0 aliphatic heterocycles. The summed E-state index contributed by atoms with van der Waals surface area (Å²) in [6.45, 7) is 3.72. The van der Waals surface area contributed by atoms with Gasteiger partial charge in [-0.2, -0.15) is 0 Å². The van der Waals surface area contributed by atoms with Gasteiger partial charge in [0, 0.05) is 36.9 Å². The van der Waals surface area contributed by atoms with Crippen LogP contribution in [0.2, 0.25) is 5.02 Å². The summed E-state index contributed by atoms with van der Waals surface area (Å²) in [5.74, 6) is 0. The van der Waals surface area contributed by atoms with Gasteiger partial charge in [0.05, 0.1) is 16.2 Å². The molecule has 3 nitrogen and oxygen atoms in total. The molecule has 2 aromatic heterocycles. The van der Waals surface area contributed by atoms with Crippen molar-refractivity contribution < 1.29 is 0 Å². The SMILES string of the molecule is Cc1ncsc1CNCc1cc(Cl)cn1C.